The summed E-state index contributed by atoms with van der Waals surface area (Å²) >= 11 is 0. The number of hydrogen-bond acceptors (Lipinski definition) is 2. The van der Waals surface area contributed by atoms with E-state index in [0.29, 0.717) is 5.92 Å². The monoisotopic (exact) mass is 148 g/mol. The van der Waals surface area contributed by atoms with Gasteiger partial charge in [-0.1, -0.05) is 13.0 Å². The average molecular weight is 148 g/mol. The molecule has 2 unspecified atom stereocenters. The van der Waals surface area contributed by atoms with E-state index in [4.69, 9.17) is 0 Å². The lowest BCUT2D eigenvalue weighted by Crippen LogP contribution is -2.25. The van der Waals surface area contributed by atoms with Crippen molar-refractivity contribution in [1.29, 1.82) is 0 Å². The van der Waals surface area contributed by atoms with Crippen LogP contribution < -0.4 is 5.32 Å². The highest BCUT2D eigenvalue weighted by molar-refractivity contribution is 5.72. The van der Waals surface area contributed by atoms with Crippen molar-refractivity contribution in [2.45, 2.75) is 19.5 Å². The lowest BCUT2D eigenvalue weighted by molar-refractivity contribution is 0.552. The minimum atomic E-state index is 0.287. The molecule has 0 bridgehead atoms. The molecule has 2 aliphatic heterocycles. The van der Waals surface area contributed by atoms with E-state index in [9.17, 15) is 0 Å². The van der Waals surface area contributed by atoms with Crippen molar-refractivity contribution in [2.75, 3.05) is 0 Å². The first kappa shape index (κ1) is 6.65. The first-order chi connectivity index (χ1) is 5.42. The Hall–Kier alpha value is -1.05. The van der Waals surface area contributed by atoms with Crippen LogP contribution in [0.3, 0.4) is 0 Å². The van der Waals surface area contributed by atoms with E-state index >= 15 is 0 Å². The van der Waals surface area contributed by atoms with Gasteiger partial charge in [0.15, 0.2) is 0 Å². The zero-order valence-corrected chi connectivity index (χ0v) is 6.62. The third kappa shape index (κ3) is 0.985. The summed E-state index contributed by atoms with van der Waals surface area (Å²) < 4.78 is 0. The number of nitrogens with zero attached hydrogens (tertiary/aromatic N) is 1. The summed E-state index contributed by atoms with van der Waals surface area (Å²) in [7, 11) is 0. The van der Waals surface area contributed by atoms with Crippen molar-refractivity contribution < 1.29 is 0 Å². The first-order valence-electron chi connectivity index (χ1n) is 4.07. The normalized spacial score (nSPS) is 33.0. The number of rotatable bonds is 1. The second-order valence-corrected chi connectivity index (χ2v) is 2.89. The summed E-state index contributed by atoms with van der Waals surface area (Å²) in [5.74, 6) is 0.519. The van der Waals surface area contributed by atoms with Crippen LogP contribution >= 0.6 is 0 Å². The first-order valence-corrected chi connectivity index (χ1v) is 4.07. The number of nitrogens with one attached hydrogen (secondary N) is 1. The van der Waals surface area contributed by atoms with Gasteiger partial charge in [0.2, 0.25) is 0 Å². The van der Waals surface area contributed by atoms with Gasteiger partial charge >= 0.3 is 0 Å². The largest absolute Gasteiger partial charge is 0.369 e. The van der Waals surface area contributed by atoms with Crippen molar-refractivity contribution in [3.63, 3.8) is 0 Å². The number of fused-ring (bicyclic) bond motifs is 1. The van der Waals surface area contributed by atoms with E-state index in [-0.39, 0.29) is 6.17 Å². The molecule has 2 atom stereocenters. The van der Waals surface area contributed by atoms with E-state index in [2.05, 4.69) is 29.5 Å². The van der Waals surface area contributed by atoms with Gasteiger partial charge in [-0.15, -0.1) is 0 Å². The molecule has 0 saturated carbocycles. The van der Waals surface area contributed by atoms with Gasteiger partial charge in [-0.05, 0) is 24.3 Å². The number of hydrogen-bond donors (Lipinski definition) is 1. The Kier molecular flexibility index (Phi) is 1.53. The molecule has 2 rings (SSSR count). The molecule has 2 heteroatoms. The Morgan fingerprint density at radius 2 is 2.55 bits per heavy atom. The molecular weight excluding hydrogens is 136 g/mol. The standard InChI is InChI=1S/C9H12N2/c1-2-7-6-11-9-8(7)4-3-5-10-9/h3-6,8-9,11H,2H2,1H3. The number of allylic oxidation sites excluding steroid dienone is 1. The van der Waals surface area contributed by atoms with Gasteiger partial charge < -0.3 is 5.32 Å². The highest BCUT2D eigenvalue weighted by Crippen LogP contribution is 2.26. The summed E-state index contributed by atoms with van der Waals surface area (Å²) in [6.45, 7) is 2.18. The summed E-state index contributed by atoms with van der Waals surface area (Å²) in [5.41, 5.74) is 1.46. The number of dihydropyridines is 1. The molecule has 11 heavy (non-hydrogen) atoms. The van der Waals surface area contributed by atoms with Gasteiger partial charge in [0, 0.05) is 12.1 Å². The maximum Gasteiger partial charge on any atom is 0.128 e. The van der Waals surface area contributed by atoms with Gasteiger partial charge in [-0.2, -0.15) is 0 Å². The molecule has 0 saturated heterocycles. The van der Waals surface area contributed by atoms with E-state index in [1.807, 2.05) is 12.3 Å². The molecule has 0 spiro atoms. The molecule has 0 aromatic carbocycles. The molecule has 0 aromatic rings. The maximum atomic E-state index is 4.31. The fourth-order valence-corrected chi connectivity index (χ4v) is 1.61. The topological polar surface area (TPSA) is 24.4 Å². The van der Waals surface area contributed by atoms with Gasteiger partial charge in [0.25, 0.3) is 0 Å². The SMILES string of the molecule is CCC1=CNC2N=CC=CC12. The van der Waals surface area contributed by atoms with Crippen LogP contribution in [-0.4, -0.2) is 12.4 Å². The molecule has 58 valence electrons. The Balaban J connectivity index is 2.20. The van der Waals surface area contributed by atoms with Crippen LogP contribution in [-0.2, 0) is 0 Å². The van der Waals surface area contributed by atoms with Crippen molar-refractivity contribution in [1.82, 2.24) is 5.32 Å². The molecule has 0 amide bonds. The average Bonchev–Trinajstić information content (AvgIpc) is 2.47. The lowest BCUT2D eigenvalue weighted by atomic mass is 9.96. The maximum absolute atomic E-state index is 4.31. The zero-order valence-electron chi connectivity index (χ0n) is 6.62. The Bertz CT molecular complexity index is 238. The van der Waals surface area contributed by atoms with Crippen LogP contribution in [0, 0.1) is 5.92 Å². The highest BCUT2D eigenvalue weighted by atomic mass is 15.1. The minimum absolute atomic E-state index is 0.287. The summed E-state index contributed by atoms with van der Waals surface area (Å²) in [4.78, 5) is 4.31. The van der Waals surface area contributed by atoms with Crippen LogP contribution in [0.25, 0.3) is 0 Å². The zero-order chi connectivity index (χ0) is 7.68. The molecule has 0 aliphatic carbocycles. The predicted octanol–water partition coefficient (Wildman–Crippen LogP) is 1.47. The van der Waals surface area contributed by atoms with Gasteiger partial charge in [0.05, 0.1) is 0 Å². The minimum Gasteiger partial charge on any atom is -0.369 e. The van der Waals surface area contributed by atoms with Crippen LogP contribution in [0.4, 0.5) is 0 Å². The van der Waals surface area contributed by atoms with E-state index in [1.165, 1.54) is 5.57 Å². The van der Waals surface area contributed by atoms with Crippen molar-refractivity contribution in [2.24, 2.45) is 10.9 Å². The van der Waals surface area contributed by atoms with Crippen LogP contribution in [0.5, 0.6) is 0 Å². The Labute approximate surface area is 66.7 Å². The van der Waals surface area contributed by atoms with Crippen molar-refractivity contribution >= 4 is 6.21 Å². The second kappa shape index (κ2) is 2.53. The van der Waals surface area contributed by atoms with Crippen molar-refractivity contribution in [3.05, 3.63) is 23.9 Å². The van der Waals surface area contributed by atoms with Gasteiger partial charge in [-0.25, -0.2) is 0 Å². The fraction of sp³-hybridized carbons (Fsp3) is 0.444. The molecule has 1 N–H and O–H groups in total. The van der Waals surface area contributed by atoms with E-state index in [1.54, 1.807) is 0 Å². The Morgan fingerprint density at radius 3 is 3.36 bits per heavy atom. The highest BCUT2D eigenvalue weighted by Gasteiger charge is 2.26. The lowest BCUT2D eigenvalue weighted by Gasteiger charge is -2.17. The van der Waals surface area contributed by atoms with E-state index < -0.39 is 0 Å². The summed E-state index contributed by atoms with van der Waals surface area (Å²) in [6, 6.07) is 0. The summed E-state index contributed by atoms with van der Waals surface area (Å²) in [5, 5.41) is 3.25. The predicted molar refractivity (Wildman–Crippen MR) is 46.4 cm³/mol. The summed E-state index contributed by atoms with van der Waals surface area (Å²) in [6.07, 6.45) is 9.61. The Morgan fingerprint density at radius 1 is 1.64 bits per heavy atom. The molecule has 0 aromatic heterocycles. The molecule has 2 nitrogen and oxygen atoms in total. The van der Waals surface area contributed by atoms with Crippen LogP contribution in [0.1, 0.15) is 13.3 Å². The molecular formula is C9H12N2. The van der Waals surface area contributed by atoms with Crippen LogP contribution in [0.15, 0.2) is 28.9 Å². The van der Waals surface area contributed by atoms with Crippen molar-refractivity contribution in [3.8, 4) is 0 Å². The second-order valence-electron chi connectivity index (χ2n) is 2.89. The quantitative estimate of drug-likeness (QED) is 0.598. The fourth-order valence-electron chi connectivity index (χ4n) is 1.61. The smallest absolute Gasteiger partial charge is 0.128 e. The molecule has 2 aliphatic rings. The third-order valence-corrected chi connectivity index (χ3v) is 2.27. The number of aliphatic imine (C=N–C) groups is 1. The molecule has 2 heterocycles. The van der Waals surface area contributed by atoms with E-state index in [0.717, 1.165) is 6.42 Å². The molecule has 0 fully saturated rings. The van der Waals surface area contributed by atoms with Gasteiger partial charge in [-0.3, -0.25) is 4.99 Å². The van der Waals surface area contributed by atoms with Gasteiger partial charge in [0.1, 0.15) is 6.17 Å². The van der Waals surface area contributed by atoms with Crippen LogP contribution in [0.2, 0.25) is 0 Å². The molecule has 0 radical (unpaired) electrons. The third-order valence-electron chi connectivity index (χ3n) is 2.27.